The van der Waals surface area contributed by atoms with Gasteiger partial charge in [-0.25, -0.2) is 4.39 Å². The summed E-state index contributed by atoms with van der Waals surface area (Å²) in [4.78, 5) is 0. The molecular weight excluding hydrogens is 305 g/mol. The Morgan fingerprint density at radius 1 is 1.47 bits per heavy atom. The van der Waals surface area contributed by atoms with E-state index in [2.05, 4.69) is 35.1 Å². The van der Waals surface area contributed by atoms with Crippen molar-refractivity contribution in [3.8, 4) is 0 Å². The average Bonchev–Trinajstić information content (AvgIpc) is 2.73. The van der Waals surface area contributed by atoms with Crippen LogP contribution in [0.1, 0.15) is 45.1 Å². The molecule has 2 atom stereocenters. The zero-order chi connectivity index (χ0) is 13.9. The Balaban J connectivity index is 2.00. The van der Waals surface area contributed by atoms with E-state index in [1.807, 2.05) is 6.07 Å². The van der Waals surface area contributed by atoms with E-state index in [4.69, 9.17) is 0 Å². The molecule has 1 aromatic carbocycles. The van der Waals surface area contributed by atoms with Crippen molar-refractivity contribution < 1.29 is 4.39 Å². The Kier molecular flexibility index (Phi) is 5.02. The van der Waals surface area contributed by atoms with Crippen LogP contribution in [-0.2, 0) is 6.42 Å². The second-order valence-electron chi connectivity index (χ2n) is 6.12. The van der Waals surface area contributed by atoms with E-state index >= 15 is 0 Å². The van der Waals surface area contributed by atoms with E-state index in [9.17, 15) is 4.39 Å². The molecule has 1 N–H and O–H groups in total. The second-order valence-corrected chi connectivity index (χ2v) is 7.03. The van der Waals surface area contributed by atoms with Gasteiger partial charge in [0.05, 0.1) is 0 Å². The van der Waals surface area contributed by atoms with Crippen LogP contribution in [0, 0.1) is 11.2 Å². The molecule has 1 saturated carbocycles. The summed E-state index contributed by atoms with van der Waals surface area (Å²) in [5.41, 5.74) is 1.07. The van der Waals surface area contributed by atoms with Crippen molar-refractivity contribution in [1.82, 2.24) is 5.32 Å². The van der Waals surface area contributed by atoms with Crippen molar-refractivity contribution in [1.29, 1.82) is 0 Å². The molecule has 1 nitrogen and oxygen atoms in total. The second kappa shape index (κ2) is 6.36. The Morgan fingerprint density at radius 3 is 3.00 bits per heavy atom. The standard InChI is InChI=1S/C16H23BrFN/c1-3-8-19-14-6-7-16(2,11-14)10-12-9-13(17)4-5-15(12)18/h4-5,9,14,19H,3,6-8,10-11H2,1-2H3. The van der Waals surface area contributed by atoms with Crippen LogP contribution < -0.4 is 5.32 Å². The summed E-state index contributed by atoms with van der Waals surface area (Å²) in [6.45, 7) is 5.57. The quantitative estimate of drug-likeness (QED) is 0.827. The zero-order valence-electron chi connectivity index (χ0n) is 11.8. The van der Waals surface area contributed by atoms with Gasteiger partial charge in [-0.1, -0.05) is 29.8 Å². The van der Waals surface area contributed by atoms with Crippen molar-refractivity contribution >= 4 is 15.9 Å². The number of benzene rings is 1. The molecule has 0 radical (unpaired) electrons. The number of halogens is 2. The zero-order valence-corrected chi connectivity index (χ0v) is 13.4. The minimum Gasteiger partial charge on any atom is -0.314 e. The van der Waals surface area contributed by atoms with E-state index in [0.29, 0.717) is 6.04 Å². The maximum Gasteiger partial charge on any atom is 0.126 e. The maximum atomic E-state index is 13.9. The molecule has 0 aromatic heterocycles. The van der Waals surface area contributed by atoms with Crippen LogP contribution in [0.15, 0.2) is 22.7 Å². The normalized spacial score (nSPS) is 26.8. The van der Waals surface area contributed by atoms with Crippen LogP contribution in [0.3, 0.4) is 0 Å². The van der Waals surface area contributed by atoms with Crippen LogP contribution in [0.2, 0.25) is 0 Å². The fourth-order valence-corrected chi connectivity index (χ4v) is 3.55. The third-order valence-electron chi connectivity index (χ3n) is 4.14. The molecule has 2 unspecified atom stereocenters. The molecule has 2 rings (SSSR count). The lowest BCUT2D eigenvalue weighted by atomic mass is 9.82. The van der Waals surface area contributed by atoms with E-state index < -0.39 is 0 Å². The SMILES string of the molecule is CCCNC1CCC(C)(Cc2cc(Br)ccc2F)C1. The number of hydrogen-bond donors (Lipinski definition) is 1. The van der Waals surface area contributed by atoms with Crippen molar-refractivity contribution in [2.45, 2.75) is 52.0 Å². The van der Waals surface area contributed by atoms with E-state index in [1.165, 1.54) is 19.3 Å². The Labute approximate surface area is 124 Å². The molecule has 1 aliphatic rings. The Hall–Kier alpha value is -0.410. The van der Waals surface area contributed by atoms with Crippen LogP contribution in [0.25, 0.3) is 0 Å². The van der Waals surface area contributed by atoms with Gasteiger partial charge < -0.3 is 5.32 Å². The van der Waals surface area contributed by atoms with Gasteiger partial charge in [-0.05, 0) is 67.8 Å². The minimum absolute atomic E-state index is 0.0746. The third-order valence-corrected chi connectivity index (χ3v) is 4.64. The first-order valence-electron chi connectivity index (χ1n) is 7.20. The van der Waals surface area contributed by atoms with Crippen molar-refractivity contribution in [3.63, 3.8) is 0 Å². The van der Waals surface area contributed by atoms with E-state index in [1.54, 1.807) is 12.1 Å². The average molecular weight is 328 g/mol. The lowest BCUT2D eigenvalue weighted by Crippen LogP contribution is -2.29. The van der Waals surface area contributed by atoms with Gasteiger partial charge >= 0.3 is 0 Å². The lowest BCUT2D eigenvalue weighted by Gasteiger charge is -2.25. The summed E-state index contributed by atoms with van der Waals surface area (Å²) in [5, 5.41) is 3.60. The van der Waals surface area contributed by atoms with Gasteiger partial charge in [0, 0.05) is 10.5 Å². The molecule has 1 aliphatic carbocycles. The van der Waals surface area contributed by atoms with Crippen LogP contribution in [0.5, 0.6) is 0 Å². The Morgan fingerprint density at radius 2 is 2.26 bits per heavy atom. The van der Waals surface area contributed by atoms with Gasteiger partial charge in [0.25, 0.3) is 0 Å². The molecule has 1 fully saturated rings. The highest BCUT2D eigenvalue weighted by molar-refractivity contribution is 9.10. The van der Waals surface area contributed by atoms with Crippen LogP contribution in [-0.4, -0.2) is 12.6 Å². The number of rotatable bonds is 5. The summed E-state index contributed by atoms with van der Waals surface area (Å²) < 4.78 is 14.8. The molecule has 0 heterocycles. The first kappa shape index (κ1) is 15.0. The molecule has 0 saturated heterocycles. The monoisotopic (exact) mass is 327 g/mol. The van der Waals surface area contributed by atoms with Crippen molar-refractivity contribution in [3.05, 3.63) is 34.1 Å². The van der Waals surface area contributed by atoms with Gasteiger partial charge in [0.2, 0.25) is 0 Å². The van der Waals surface area contributed by atoms with Crippen molar-refractivity contribution in [2.24, 2.45) is 5.41 Å². The maximum absolute atomic E-state index is 13.9. The Bertz CT molecular complexity index is 435. The number of hydrogen-bond acceptors (Lipinski definition) is 1. The molecule has 0 aliphatic heterocycles. The molecule has 3 heteroatoms. The van der Waals surface area contributed by atoms with Crippen molar-refractivity contribution in [2.75, 3.05) is 6.54 Å². The molecule has 0 spiro atoms. The van der Waals surface area contributed by atoms with Gasteiger partial charge in [0.15, 0.2) is 0 Å². The van der Waals surface area contributed by atoms with Gasteiger partial charge in [-0.15, -0.1) is 0 Å². The predicted octanol–water partition coefficient (Wildman–Crippen LogP) is 4.69. The molecular formula is C16H23BrFN. The molecule has 1 aromatic rings. The minimum atomic E-state index is -0.0746. The smallest absolute Gasteiger partial charge is 0.126 e. The molecule has 0 amide bonds. The van der Waals surface area contributed by atoms with Crippen LogP contribution in [0.4, 0.5) is 4.39 Å². The van der Waals surface area contributed by atoms with Gasteiger partial charge in [-0.3, -0.25) is 0 Å². The van der Waals surface area contributed by atoms with Gasteiger partial charge in [-0.2, -0.15) is 0 Å². The van der Waals surface area contributed by atoms with E-state index in [-0.39, 0.29) is 11.2 Å². The topological polar surface area (TPSA) is 12.0 Å². The summed E-state index contributed by atoms with van der Waals surface area (Å²) >= 11 is 3.43. The summed E-state index contributed by atoms with van der Waals surface area (Å²) in [7, 11) is 0. The molecule has 0 bridgehead atoms. The lowest BCUT2D eigenvalue weighted by molar-refractivity contribution is 0.317. The first-order chi connectivity index (χ1) is 9.02. The summed E-state index contributed by atoms with van der Waals surface area (Å²) in [6, 6.07) is 5.86. The molecule has 106 valence electrons. The summed E-state index contributed by atoms with van der Waals surface area (Å²) in [5.74, 6) is -0.0746. The fourth-order valence-electron chi connectivity index (χ4n) is 3.14. The highest BCUT2D eigenvalue weighted by Crippen LogP contribution is 2.41. The first-order valence-corrected chi connectivity index (χ1v) is 7.99. The van der Waals surface area contributed by atoms with E-state index in [0.717, 1.165) is 29.4 Å². The fraction of sp³-hybridized carbons (Fsp3) is 0.625. The molecule has 19 heavy (non-hydrogen) atoms. The van der Waals surface area contributed by atoms with Gasteiger partial charge in [0.1, 0.15) is 5.82 Å². The highest BCUT2D eigenvalue weighted by Gasteiger charge is 2.35. The number of nitrogens with one attached hydrogen (secondary N) is 1. The summed E-state index contributed by atoms with van der Waals surface area (Å²) in [6.07, 6.45) is 5.56. The largest absolute Gasteiger partial charge is 0.314 e. The third kappa shape index (κ3) is 4.03. The predicted molar refractivity (Wildman–Crippen MR) is 81.8 cm³/mol. The highest BCUT2D eigenvalue weighted by atomic mass is 79.9. The van der Waals surface area contributed by atoms with Crippen LogP contribution >= 0.6 is 15.9 Å².